The first kappa shape index (κ1) is 14.0. The van der Waals surface area contributed by atoms with E-state index in [1.807, 2.05) is 11.3 Å². The summed E-state index contributed by atoms with van der Waals surface area (Å²) in [5.74, 6) is 0. The van der Waals surface area contributed by atoms with Gasteiger partial charge in [-0.15, -0.1) is 11.3 Å². The molecular weight excluding hydrogens is 242 g/mol. The maximum Gasteiger partial charge on any atom is 0.0499 e. The number of nitrogens with one attached hydrogen (secondary N) is 1. The fourth-order valence-electron chi connectivity index (χ4n) is 2.94. The predicted molar refractivity (Wildman–Crippen MR) is 79.4 cm³/mol. The topological polar surface area (TPSA) is 18.5 Å². The van der Waals surface area contributed by atoms with E-state index < -0.39 is 0 Å². The third-order valence-corrected chi connectivity index (χ3v) is 4.91. The Morgan fingerprint density at radius 1 is 1.39 bits per heavy atom. The molecule has 0 bridgehead atoms. The molecule has 0 spiro atoms. The highest BCUT2D eigenvalue weighted by molar-refractivity contribution is 7.10. The summed E-state index contributed by atoms with van der Waals surface area (Å²) >= 11 is 1.85. The van der Waals surface area contributed by atoms with Crippen LogP contribution in [0.15, 0.2) is 11.4 Å². The van der Waals surface area contributed by atoms with Crippen molar-refractivity contribution in [1.29, 1.82) is 0 Å². The van der Waals surface area contributed by atoms with Gasteiger partial charge >= 0.3 is 0 Å². The lowest BCUT2D eigenvalue weighted by Gasteiger charge is -2.34. The average molecular weight is 267 g/mol. The van der Waals surface area contributed by atoms with Crippen LogP contribution in [0.3, 0.4) is 0 Å². The molecule has 4 heteroatoms. The monoisotopic (exact) mass is 267 g/mol. The van der Waals surface area contributed by atoms with E-state index in [1.165, 1.54) is 30.0 Å². The van der Waals surface area contributed by atoms with Gasteiger partial charge in [-0.1, -0.05) is 0 Å². The van der Waals surface area contributed by atoms with Crippen molar-refractivity contribution in [3.63, 3.8) is 0 Å². The van der Waals surface area contributed by atoms with Crippen molar-refractivity contribution < 1.29 is 0 Å². The van der Waals surface area contributed by atoms with Gasteiger partial charge in [-0.3, -0.25) is 0 Å². The molecule has 2 atom stereocenters. The maximum absolute atomic E-state index is 3.53. The Morgan fingerprint density at radius 2 is 2.17 bits per heavy atom. The fourth-order valence-corrected chi connectivity index (χ4v) is 3.69. The van der Waals surface area contributed by atoms with Crippen LogP contribution in [0.25, 0.3) is 0 Å². The average Bonchev–Trinajstić information content (AvgIpc) is 2.67. The van der Waals surface area contributed by atoms with E-state index >= 15 is 0 Å². The minimum Gasteiger partial charge on any atom is -0.312 e. The highest BCUT2D eigenvalue weighted by Gasteiger charge is 2.29. The summed E-state index contributed by atoms with van der Waals surface area (Å²) in [6.45, 7) is 5.76. The number of likely N-dealkylation sites (N-methyl/N-ethyl adjacent to an activating group) is 3. The number of hydrogen-bond acceptors (Lipinski definition) is 4. The van der Waals surface area contributed by atoms with Gasteiger partial charge in [0.15, 0.2) is 0 Å². The zero-order valence-electron chi connectivity index (χ0n) is 11.9. The zero-order valence-corrected chi connectivity index (χ0v) is 12.8. The van der Waals surface area contributed by atoms with Crippen LogP contribution in [-0.2, 0) is 0 Å². The zero-order chi connectivity index (χ0) is 13.1. The molecule has 0 radical (unpaired) electrons. The molecule has 0 saturated carbocycles. The quantitative estimate of drug-likeness (QED) is 0.903. The predicted octanol–water partition coefficient (Wildman–Crippen LogP) is 1.95. The largest absolute Gasteiger partial charge is 0.312 e. The summed E-state index contributed by atoms with van der Waals surface area (Å²) in [5.41, 5.74) is 1.47. The Labute approximate surface area is 115 Å². The number of rotatable bonds is 3. The normalized spacial score (nSPS) is 25.0. The van der Waals surface area contributed by atoms with Crippen LogP contribution in [0.1, 0.15) is 22.9 Å². The Balaban J connectivity index is 2.22. The van der Waals surface area contributed by atoms with E-state index in [2.05, 4.69) is 54.6 Å². The first-order chi connectivity index (χ1) is 8.63. The van der Waals surface area contributed by atoms with Crippen LogP contribution >= 0.6 is 11.3 Å². The van der Waals surface area contributed by atoms with E-state index in [-0.39, 0.29) is 0 Å². The molecule has 102 valence electrons. The lowest BCUT2D eigenvalue weighted by atomic mass is 9.99. The van der Waals surface area contributed by atoms with Crippen molar-refractivity contribution in [2.24, 2.45) is 0 Å². The Hall–Kier alpha value is -0.420. The number of thiophene rings is 1. The second kappa shape index (κ2) is 6.15. The van der Waals surface area contributed by atoms with E-state index in [9.17, 15) is 0 Å². The first-order valence-electron chi connectivity index (χ1n) is 6.73. The molecule has 2 rings (SSSR count). The van der Waals surface area contributed by atoms with E-state index in [4.69, 9.17) is 0 Å². The molecule has 2 unspecified atom stereocenters. The van der Waals surface area contributed by atoms with Crippen LogP contribution in [0.5, 0.6) is 0 Å². The molecular formula is C14H25N3S. The standard InChI is InChI=1S/C14H25N3S/c1-11-12(6-9-18-11)14(15-2)13-10-16(3)7-5-8-17(13)4/h6,9,13-15H,5,7-8,10H2,1-4H3. The summed E-state index contributed by atoms with van der Waals surface area (Å²) in [4.78, 5) is 6.41. The number of hydrogen-bond donors (Lipinski definition) is 1. The first-order valence-corrected chi connectivity index (χ1v) is 7.61. The molecule has 1 aliphatic rings. The van der Waals surface area contributed by atoms with Crippen molar-refractivity contribution in [2.75, 3.05) is 40.8 Å². The van der Waals surface area contributed by atoms with Gasteiger partial charge in [0.1, 0.15) is 0 Å². The number of aryl methyl sites for hydroxylation is 1. The van der Waals surface area contributed by atoms with Gasteiger partial charge in [0, 0.05) is 23.5 Å². The van der Waals surface area contributed by atoms with Gasteiger partial charge in [0.25, 0.3) is 0 Å². The summed E-state index contributed by atoms with van der Waals surface area (Å²) in [6, 6.07) is 3.26. The maximum atomic E-state index is 3.53. The van der Waals surface area contributed by atoms with E-state index in [0.29, 0.717) is 12.1 Å². The van der Waals surface area contributed by atoms with Crippen LogP contribution in [0.4, 0.5) is 0 Å². The van der Waals surface area contributed by atoms with E-state index in [1.54, 1.807) is 0 Å². The molecule has 0 aliphatic carbocycles. The lowest BCUT2D eigenvalue weighted by Crippen LogP contribution is -2.46. The summed E-state index contributed by atoms with van der Waals surface area (Å²) in [6.07, 6.45) is 1.27. The third-order valence-electron chi connectivity index (χ3n) is 4.05. The summed E-state index contributed by atoms with van der Waals surface area (Å²) in [5, 5.41) is 5.74. The molecule has 1 aromatic heterocycles. The Morgan fingerprint density at radius 3 is 2.78 bits per heavy atom. The van der Waals surface area contributed by atoms with Crippen molar-refractivity contribution in [3.05, 3.63) is 21.9 Å². The minimum absolute atomic E-state index is 0.432. The fraction of sp³-hybridized carbons (Fsp3) is 0.714. The van der Waals surface area contributed by atoms with Crippen molar-refractivity contribution in [2.45, 2.75) is 25.4 Å². The lowest BCUT2D eigenvalue weighted by molar-refractivity contribution is 0.182. The van der Waals surface area contributed by atoms with Crippen LogP contribution in [-0.4, -0.2) is 56.6 Å². The molecule has 1 fully saturated rings. The smallest absolute Gasteiger partial charge is 0.0499 e. The minimum atomic E-state index is 0.432. The Bertz CT molecular complexity index is 377. The van der Waals surface area contributed by atoms with Crippen LogP contribution in [0.2, 0.25) is 0 Å². The molecule has 0 aromatic carbocycles. The van der Waals surface area contributed by atoms with Gasteiger partial charge in [0.05, 0.1) is 0 Å². The van der Waals surface area contributed by atoms with Gasteiger partial charge < -0.3 is 15.1 Å². The summed E-state index contributed by atoms with van der Waals surface area (Å²) < 4.78 is 0. The van der Waals surface area contributed by atoms with Gasteiger partial charge in [-0.25, -0.2) is 0 Å². The summed E-state index contributed by atoms with van der Waals surface area (Å²) in [7, 11) is 6.58. The molecule has 0 amide bonds. The highest BCUT2D eigenvalue weighted by Crippen LogP contribution is 2.28. The van der Waals surface area contributed by atoms with Crippen molar-refractivity contribution in [1.82, 2.24) is 15.1 Å². The molecule has 2 heterocycles. The Kier molecular flexibility index (Phi) is 4.78. The molecule has 18 heavy (non-hydrogen) atoms. The van der Waals surface area contributed by atoms with Gasteiger partial charge in [-0.2, -0.15) is 0 Å². The van der Waals surface area contributed by atoms with E-state index in [0.717, 1.165) is 6.54 Å². The molecule has 1 aliphatic heterocycles. The van der Waals surface area contributed by atoms with Gasteiger partial charge in [0.2, 0.25) is 0 Å². The third kappa shape index (κ3) is 2.94. The van der Waals surface area contributed by atoms with Crippen LogP contribution < -0.4 is 5.32 Å². The van der Waals surface area contributed by atoms with Gasteiger partial charge in [-0.05, 0) is 64.6 Å². The highest BCUT2D eigenvalue weighted by atomic mass is 32.1. The molecule has 3 nitrogen and oxygen atoms in total. The van der Waals surface area contributed by atoms with Crippen LogP contribution in [0, 0.1) is 6.92 Å². The molecule has 1 N–H and O–H groups in total. The second-order valence-electron chi connectivity index (χ2n) is 5.36. The van der Waals surface area contributed by atoms with Crippen molar-refractivity contribution in [3.8, 4) is 0 Å². The molecule has 1 aromatic rings. The SMILES string of the molecule is CNC(c1ccsc1C)C1CN(C)CCCN1C. The van der Waals surface area contributed by atoms with Crippen molar-refractivity contribution >= 4 is 11.3 Å². The molecule has 1 saturated heterocycles. The number of nitrogens with zero attached hydrogens (tertiary/aromatic N) is 2. The second-order valence-corrected chi connectivity index (χ2v) is 6.48.